The van der Waals surface area contributed by atoms with E-state index in [2.05, 4.69) is 25.9 Å². The van der Waals surface area contributed by atoms with Gasteiger partial charge in [0.25, 0.3) is 0 Å². The second-order valence-corrected chi connectivity index (χ2v) is 6.09. The molecule has 0 spiro atoms. The number of hydrogen-bond donors (Lipinski definition) is 0. The standard InChI is InChI=1S/C14H8BrCl2N3O/c1-7-13(20-6-11(15)18-5-12(20)19-7)14(21)9-4-8(16)2-3-10(9)17/h2-6H,1H3. The Morgan fingerprint density at radius 2 is 2.10 bits per heavy atom. The van der Waals surface area contributed by atoms with Crippen molar-refractivity contribution < 1.29 is 4.79 Å². The first kappa shape index (κ1) is 14.5. The Hall–Kier alpha value is -1.43. The molecule has 0 radical (unpaired) electrons. The molecule has 0 aliphatic rings. The summed E-state index contributed by atoms with van der Waals surface area (Å²) < 4.78 is 2.30. The fourth-order valence-corrected chi connectivity index (χ4v) is 2.80. The number of rotatable bonds is 2. The second-order valence-electron chi connectivity index (χ2n) is 4.44. The largest absolute Gasteiger partial charge is 0.292 e. The predicted molar refractivity (Wildman–Crippen MR) is 85.3 cm³/mol. The number of aryl methyl sites for hydroxylation is 1. The van der Waals surface area contributed by atoms with E-state index in [0.29, 0.717) is 37.2 Å². The number of carbonyl (C=O) groups is 1. The number of benzene rings is 1. The molecule has 106 valence electrons. The summed E-state index contributed by atoms with van der Waals surface area (Å²) in [4.78, 5) is 21.2. The van der Waals surface area contributed by atoms with Crippen LogP contribution in [0.2, 0.25) is 10.0 Å². The minimum absolute atomic E-state index is 0.231. The summed E-state index contributed by atoms with van der Waals surface area (Å²) in [5.74, 6) is -0.231. The van der Waals surface area contributed by atoms with Crippen LogP contribution in [0.25, 0.3) is 5.65 Å². The van der Waals surface area contributed by atoms with Gasteiger partial charge < -0.3 is 0 Å². The van der Waals surface area contributed by atoms with E-state index < -0.39 is 0 Å². The average molecular weight is 385 g/mol. The number of halogens is 3. The SMILES string of the molecule is Cc1nc2cnc(Br)cn2c1C(=O)c1cc(Cl)ccc1Cl. The molecule has 0 N–H and O–H groups in total. The van der Waals surface area contributed by atoms with Gasteiger partial charge in [0.15, 0.2) is 5.65 Å². The number of aromatic nitrogens is 3. The molecule has 0 fully saturated rings. The van der Waals surface area contributed by atoms with Crippen LogP contribution in [-0.4, -0.2) is 20.2 Å². The van der Waals surface area contributed by atoms with E-state index in [4.69, 9.17) is 23.2 Å². The van der Waals surface area contributed by atoms with E-state index in [-0.39, 0.29) is 5.78 Å². The highest BCUT2D eigenvalue weighted by atomic mass is 79.9. The Bertz CT molecular complexity index is 876. The lowest BCUT2D eigenvalue weighted by molar-refractivity contribution is 0.103. The number of hydrogen-bond acceptors (Lipinski definition) is 3. The van der Waals surface area contributed by atoms with E-state index in [1.807, 2.05) is 0 Å². The molecule has 0 atom stereocenters. The molecule has 0 aliphatic heterocycles. The first-order chi connectivity index (χ1) is 9.97. The molecule has 0 unspecified atom stereocenters. The first-order valence-electron chi connectivity index (χ1n) is 5.97. The summed E-state index contributed by atoms with van der Waals surface area (Å²) in [7, 11) is 0. The zero-order valence-electron chi connectivity index (χ0n) is 10.8. The highest BCUT2D eigenvalue weighted by Crippen LogP contribution is 2.25. The van der Waals surface area contributed by atoms with Gasteiger partial charge in [0.05, 0.1) is 16.9 Å². The third-order valence-corrected chi connectivity index (χ3v) is 4.01. The fraction of sp³-hybridized carbons (Fsp3) is 0.0714. The van der Waals surface area contributed by atoms with Gasteiger partial charge in [-0.25, -0.2) is 9.97 Å². The molecule has 2 heterocycles. The van der Waals surface area contributed by atoms with Crippen LogP contribution in [-0.2, 0) is 0 Å². The van der Waals surface area contributed by atoms with Gasteiger partial charge in [-0.05, 0) is 41.1 Å². The van der Waals surface area contributed by atoms with Crippen LogP contribution in [0.15, 0.2) is 35.2 Å². The molecular formula is C14H8BrCl2N3O. The monoisotopic (exact) mass is 383 g/mol. The molecule has 1 aromatic carbocycles. The van der Waals surface area contributed by atoms with Crippen molar-refractivity contribution in [2.45, 2.75) is 6.92 Å². The molecule has 3 aromatic rings. The van der Waals surface area contributed by atoms with Gasteiger partial charge in [-0.15, -0.1) is 0 Å². The molecule has 7 heteroatoms. The minimum atomic E-state index is -0.231. The third-order valence-electron chi connectivity index (χ3n) is 3.04. The number of nitrogens with zero attached hydrogens (tertiary/aromatic N) is 3. The maximum absolute atomic E-state index is 12.8. The van der Waals surface area contributed by atoms with Gasteiger partial charge in [-0.1, -0.05) is 23.2 Å². The molecule has 0 saturated carbocycles. The van der Waals surface area contributed by atoms with E-state index >= 15 is 0 Å². The van der Waals surface area contributed by atoms with Crippen molar-refractivity contribution in [3.8, 4) is 0 Å². The van der Waals surface area contributed by atoms with Gasteiger partial charge in [0.1, 0.15) is 10.3 Å². The third kappa shape index (κ3) is 2.57. The number of carbonyl (C=O) groups excluding carboxylic acids is 1. The summed E-state index contributed by atoms with van der Waals surface area (Å²) in [5.41, 5.74) is 1.99. The smallest absolute Gasteiger partial charge is 0.213 e. The zero-order chi connectivity index (χ0) is 15.1. The first-order valence-corrected chi connectivity index (χ1v) is 7.52. The summed E-state index contributed by atoms with van der Waals surface area (Å²) >= 11 is 15.4. The summed E-state index contributed by atoms with van der Waals surface area (Å²) in [6, 6.07) is 4.80. The van der Waals surface area contributed by atoms with E-state index in [9.17, 15) is 4.79 Å². The van der Waals surface area contributed by atoms with Crippen LogP contribution in [0.1, 0.15) is 21.7 Å². The Balaban J connectivity index is 2.24. The zero-order valence-corrected chi connectivity index (χ0v) is 13.9. The molecular weight excluding hydrogens is 377 g/mol. The van der Waals surface area contributed by atoms with Crippen molar-refractivity contribution in [3.63, 3.8) is 0 Å². The normalized spacial score (nSPS) is 11.0. The quantitative estimate of drug-likeness (QED) is 0.617. The average Bonchev–Trinajstić information content (AvgIpc) is 2.76. The lowest BCUT2D eigenvalue weighted by Crippen LogP contribution is -2.08. The topological polar surface area (TPSA) is 47.3 Å². The highest BCUT2D eigenvalue weighted by Gasteiger charge is 2.21. The Labute approximate surface area is 138 Å². The van der Waals surface area contributed by atoms with Crippen LogP contribution in [0, 0.1) is 6.92 Å². The summed E-state index contributed by atoms with van der Waals surface area (Å²) in [5, 5.41) is 0.809. The van der Waals surface area contributed by atoms with Crippen molar-refractivity contribution in [3.05, 3.63) is 62.2 Å². The maximum atomic E-state index is 12.8. The molecule has 0 aliphatic carbocycles. The van der Waals surface area contributed by atoms with E-state index in [1.165, 1.54) is 0 Å². The van der Waals surface area contributed by atoms with Crippen LogP contribution in [0.3, 0.4) is 0 Å². The Morgan fingerprint density at radius 1 is 1.33 bits per heavy atom. The van der Waals surface area contributed by atoms with Crippen molar-refractivity contribution in [1.82, 2.24) is 14.4 Å². The van der Waals surface area contributed by atoms with Gasteiger partial charge in [0.2, 0.25) is 5.78 Å². The summed E-state index contributed by atoms with van der Waals surface area (Å²) in [6.07, 6.45) is 3.29. The van der Waals surface area contributed by atoms with Gasteiger partial charge in [0, 0.05) is 16.8 Å². The molecule has 0 saturated heterocycles. The molecule has 0 bridgehead atoms. The van der Waals surface area contributed by atoms with Crippen molar-refractivity contribution in [2.75, 3.05) is 0 Å². The Morgan fingerprint density at radius 3 is 2.86 bits per heavy atom. The van der Waals surface area contributed by atoms with Crippen molar-refractivity contribution in [2.24, 2.45) is 0 Å². The van der Waals surface area contributed by atoms with Crippen LogP contribution >= 0.6 is 39.1 Å². The van der Waals surface area contributed by atoms with Crippen LogP contribution < -0.4 is 0 Å². The van der Waals surface area contributed by atoms with Crippen LogP contribution in [0.5, 0.6) is 0 Å². The molecule has 3 rings (SSSR count). The van der Waals surface area contributed by atoms with Crippen LogP contribution in [0.4, 0.5) is 0 Å². The van der Waals surface area contributed by atoms with Crippen molar-refractivity contribution in [1.29, 1.82) is 0 Å². The number of imidazole rings is 1. The summed E-state index contributed by atoms with van der Waals surface area (Å²) in [6.45, 7) is 1.77. The van der Waals surface area contributed by atoms with Crippen molar-refractivity contribution >= 4 is 50.6 Å². The highest BCUT2D eigenvalue weighted by molar-refractivity contribution is 9.10. The molecule has 4 nitrogen and oxygen atoms in total. The molecule has 2 aromatic heterocycles. The van der Waals surface area contributed by atoms with Gasteiger partial charge in [-0.3, -0.25) is 9.20 Å². The van der Waals surface area contributed by atoms with Gasteiger partial charge >= 0.3 is 0 Å². The van der Waals surface area contributed by atoms with E-state index in [0.717, 1.165) is 0 Å². The minimum Gasteiger partial charge on any atom is -0.292 e. The number of fused-ring (bicyclic) bond motifs is 1. The lowest BCUT2D eigenvalue weighted by atomic mass is 10.1. The van der Waals surface area contributed by atoms with Gasteiger partial charge in [-0.2, -0.15) is 0 Å². The second kappa shape index (κ2) is 5.40. The maximum Gasteiger partial charge on any atom is 0.213 e. The molecule has 0 amide bonds. The number of ketones is 1. The lowest BCUT2D eigenvalue weighted by Gasteiger charge is -2.05. The predicted octanol–water partition coefficient (Wildman–Crippen LogP) is 4.34. The van der Waals surface area contributed by atoms with E-state index in [1.54, 1.807) is 41.9 Å². The fourth-order valence-electron chi connectivity index (χ4n) is 2.12. The Kier molecular flexibility index (Phi) is 3.73. The molecule has 21 heavy (non-hydrogen) atoms.